The van der Waals surface area contributed by atoms with Crippen LogP contribution in [0.25, 0.3) is 0 Å². The smallest absolute Gasteiger partial charge is 0.158 e. The van der Waals surface area contributed by atoms with Gasteiger partial charge in [0.1, 0.15) is 0 Å². The maximum atomic E-state index is 12.4. The van der Waals surface area contributed by atoms with Gasteiger partial charge in [-0.15, -0.1) is 0 Å². The van der Waals surface area contributed by atoms with Crippen LogP contribution in [0, 0.1) is 6.92 Å². The van der Waals surface area contributed by atoms with E-state index in [4.69, 9.17) is 0 Å². The number of rotatable bonds is 2. The molecule has 0 saturated heterocycles. The number of alkyl halides is 2. The molecule has 0 spiro atoms. The van der Waals surface area contributed by atoms with Gasteiger partial charge < -0.3 is 0 Å². The van der Waals surface area contributed by atoms with E-state index in [2.05, 4.69) is 15.9 Å². The average Bonchev–Trinajstić information content (AvgIpc) is 1.93. The molecule has 1 unspecified atom stereocenters. The minimum Gasteiger partial charge on any atom is -0.235 e. The Morgan fingerprint density at radius 3 is 2.36 bits per heavy atom. The zero-order valence-corrected chi connectivity index (χ0v) is 7.94. The zero-order valence-electron chi connectivity index (χ0n) is 6.35. The Labute approximate surface area is 74.6 Å². The molecule has 1 aromatic carbocycles. The van der Waals surface area contributed by atoms with Gasteiger partial charge in [-0.05, 0) is 12.5 Å². The van der Waals surface area contributed by atoms with Gasteiger partial charge in [0, 0.05) is 6.42 Å². The quantitative estimate of drug-likeness (QED) is 0.667. The molecule has 0 saturated carbocycles. The lowest BCUT2D eigenvalue weighted by molar-refractivity contribution is 0.460. The van der Waals surface area contributed by atoms with E-state index in [-0.39, 0.29) is 0 Å². The number of hydrogen-bond acceptors (Lipinski definition) is 0. The predicted molar refractivity (Wildman–Crippen MR) is 48.7 cm³/mol. The highest BCUT2D eigenvalue weighted by molar-refractivity contribution is 9.09. The largest absolute Gasteiger partial charge is 0.235 e. The molecule has 1 atom stereocenters. The Hall–Kier alpha value is -0.370. The summed E-state index contributed by atoms with van der Waals surface area (Å²) in [7, 11) is 0. The normalized spacial score (nSPS) is 13.0. The summed E-state index contributed by atoms with van der Waals surface area (Å²) in [5.41, 5.74) is 2.23. The number of aryl methyl sites for hydroxylation is 1. The fraction of sp³-hybridized carbons (Fsp3) is 0.333. The third kappa shape index (κ3) is 3.02. The van der Waals surface area contributed by atoms with Crippen LogP contribution in [0.5, 0.6) is 0 Å². The summed E-state index contributed by atoms with van der Waals surface area (Å²) < 4.78 is 12.4. The highest BCUT2D eigenvalue weighted by Gasteiger charge is 2.00. The van der Waals surface area contributed by atoms with E-state index < -0.39 is 5.08 Å². The van der Waals surface area contributed by atoms with Crippen LogP contribution >= 0.6 is 15.9 Å². The minimum atomic E-state index is -0.926. The Kier molecular flexibility index (Phi) is 3.06. The van der Waals surface area contributed by atoms with Crippen LogP contribution in [-0.2, 0) is 6.42 Å². The van der Waals surface area contributed by atoms with Gasteiger partial charge in [-0.1, -0.05) is 45.8 Å². The molecule has 0 aliphatic rings. The molecule has 0 heterocycles. The Morgan fingerprint density at radius 1 is 1.36 bits per heavy atom. The van der Waals surface area contributed by atoms with Crippen molar-refractivity contribution < 1.29 is 4.39 Å². The SMILES string of the molecule is Cc1ccc(CC(F)Br)cc1. The fourth-order valence-electron chi connectivity index (χ4n) is 0.902. The molecule has 0 amide bonds. The van der Waals surface area contributed by atoms with Crippen LogP contribution < -0.4 is 0 Å². The van der Waals surface area contributed by atoms with Crippen LogP contribution in [0.2, 0.25) is 0 Å². The van der Waals surface area contributed by atoms with E-state index in [0.29, 0.717) is 6.42 Å². The third-order valence-corrected chi connectivity index (χ3v) is 1.83. The van der Waals surface area contributed by atoms with Crippen LogP contribution in [-0.4, -0.2) is 5.08 Å². The van der Waals surface area contributed by atoms with E-state index in [1.165, 1.54) is 5.56 Å². The monoisotopic (exact) mass is 216 g/mol. The maximum absolute atomic E-state index is 12.4. The van der Waals surface area contributed by atoms with Gasteiger partial charge in [0.05, 0.1) is 0 Å². The molecule has 0 aromatic heterocycles. The molecule has 0 N–H and O–H groups in total. The first-order valence-corrected chi connectivity index (χ1v) is 4.44. The molecule has 0 bridgehead atoms. The first-order valence-electron chi connectivity index (χ1n) is 3.52. The van der Waals surface area contributed by atoms with Crippen LogP contribution in [0.1, 0.15) is 11.1 Å². The lowest BCUT2D eigenvalue weighted by atomic mass is 10.1. The summed E-state index contributed by atoms with van der Waals surface area (Å²) in [6, 6.07) is 7.88. The molecule has 60 valence electrons. The summed E-state index contributed by atoms with van der Waals surface area (Å²) >= 11 is 2.86. The van der Waals surface area contributed by atoms with Crippen molar-refractivity contribution in [1.82, 2.24) is 0 Å². The van der Waals surface area contributed by atoms with Crippen molar-refractivity contribution in [3.8, 4) is 0 Å². The molecular weight excluding hydrogens is 207 g/mol. The predicted octanol–water partition coefficient (Wildman–Crippen LogP) is 3.23. The molecule has 1 aromatic rings. The second-order valence-electron chi connectivity index (χ2n) is 2.58. The highest BCUT2D eigenvalue weighted by Crippen LogP contribution is 2.11. The Bertz CT molecular complexity index is 216. The number of halogens is 2. The van der Waals surface area contributed by atoms with Crippen molar-refractivity contribution in [3.05, 3.63) is 35.4 Å². The molecule has 0 aliphatic carbocycles. The van der Waals surface area contributed by atoms with Crippen molar-refractivity contribution in [2.24, 2.45) is 0 Å². The molecule has 0 aliphatic heterocycles. The van der Waals surface area contributed by atoms with Gasteiger partial charge in [-0.2, -0.15) is 0 Å². The van der Waals surface area contributed by atoms with Gasteiger partial charge in [-0.25, -0.2) is 4.39 Å². The lowest BCUT2D eigenvalue weighted by Crippen LogP contribution is -1.93. The van der Waals surface area contributed by atoms with Crippen LogP contribution in [0.3, 0.4) is 0 Å². The molecule has 0 nitrogen and oxygen atoms in total. The maximum Gasteiger partial charge on any atom is 0.158 e. The highest BCUT2D eigenvalue weighted by atomic mass is 79.9. The van der Waals surface area contributed by atoms with Gasteiger partial charge in [0.2, 0.25) is 0 Å². The minimum absolute atomic E-state index is 0.445. The van der Waals surface area contributed by atoms with Crippen LogP contribution in [0.4, 0.5) is 4.39 Å². The van der Waals surface area contributed by atoms with Gasteiger partial charge in [0.25, 0.3) is 0 Å². The second-order valence-corrected chi connectivity index (χ2v) is 3.57. The van der Waals surface area contributed by atoms with E-state index in [0.717, 1.165) is 5.56 Å². The second kappa shape index (κ2) is 3.86. The van der Waals surface area contributed by atoms with E-state index in [1.54, 1.807) is 0 Å². The lowest BCUT2D eigenvalue weighted by Gasteiger charge is -2.00. The van der Waals surface area contributed by atoms with Crippen molar-refractivity contribution in [2.75, 3.05) is 0 Å². The Morgan fingerprint density at radius 2 is 1.91 bits per heavy atom. The van der Waals surface area contributed by atoms with Gasteiger partial charge in [-0.3, -0.25) is 0 Å². The van der Waals surface area contributed by atoms with Crippen LogP contribution in [0.15, 0.2) is 24.3 Å². The van der Waals surface area contributed by atoms with E-state index in [1.807, 2.05) is 31.2 Å². The summed E-state index contributed by atoms with van der Waals surface area (Å²) in [5.74, 6) is 0. The number of benzene rings is 1. The summed E-state index contributed by atoms with van der Waals surface area (Å²) in [6.45, 7) is 2.02. The molecule has 1 rings (SSSR count). The fourth-order valence-corrected chi connectivity index (χ4v) is 1.28. The Balaban J connectivity index is 2.66. The van der Waals surface area contributed by atoms with Gasteiger partial charge in [0.15, 0.2) is 5.08 Å². The van der Waals surface area contributed by atoms with Crippen molar-refractivity contribution >= 4 is 15.9 Å². The van der Waals surface area contributed by atoms with E-state index >= 15 is 0 Å². The van der Waals surface area contributed by atoms with Gasteiger partial charge >= 0.3 is 0 Å². The van der Waals surface area contributed by atoms with Crippen molar-refractivity contribution in [2.45, 2.75) is 18.4 Å². The average molecular weight is 217 g/mol. The van der Waals surface area contributed by atoms with E-state index in [9.17, 15) is 4.39 Å². The molecule has 11 heavy (non-hydrogen) atoms. The molecular formula is C9H10BrF. The summed E-state index contributed by atoms with van der Waals surface area (Å²) in [4.78, 5) is 0. The zero-order chi connectivity index (χ0) is 8.27. The molecule has 0 fully saturated rings. The number of hydrogen-bond donors (Lipinski definition) is 0. The third-order valence-electron chi connectivity index (χ3n) is 1.51. The van der Waals surface area contributed by atoms with Crippen molar-refractivity contribution in [3.63, 3.8) is 0 Å². The topological polar surface area (TPSA) is 0 Å². The first kappa shape index (κ1) is 8.72. The molecule has 2 heteroatoms. The standard InChI is InChI=1S/C9H10BrF/c1-7-2-4-8(5-3-7)6-9(10)11/h2-5,9H,6H2,1H3. The molecule has 0 radical (unpaired) electrons. The summed E-state index contributed by atoms with van der Waals surface area (Å²) in [5, 5.41) is -0.926. The van der Waals surface area contributed by atoms with Crippen molar-refractivity contribution in [1.29, 1.82) is 0 Å². The first-order chi connectivity index (χ1) is 5.18. The summed E-state index contributed by atoms with van der Waals surface area (Å²) in [6.07, 6.45) is 0.445.